The number of ether oxygens (including phenoxy) is 1. The number of anilines is 1. The Morgan fingerprint density at radius 3 is 2.61 bits per heavy atom. The molecule has 7 nitrogen and oxygen atoms in total. The summed E-state index contributed by atoms with van der Waals surface area (Å²) in [7, 11) is 1.64. The quantitative estimate of drug-likeness (QED) is 0.540. The lowest BCUT2D eigenvalue weighted by Crippen LogP contribution is -2.11. The normalized spacial score (nSPS) is 12.1. The fourth-order valence-corrected chi connectivity index (χ4v) is 3.69. The van der Waals surface area contributed by atoms with Gasteiger partial charge in [0.25, 0.3) is 0 Å². The largest absolute Gasteiger partial charge is 0.494 e. The zero-order chi connectivity index (χ0) is 19.7. The van der Waals surface area contributed by atoms with Crippen LogP contribution in [0.15, 0.2) is 36.8 Å². The van der Waals surface area contributed by atoms with Crippen molar-refractivity contribution in [3.63, 3.8) is 0 Å². The summed E-state index contributed by atoms with van der Waals surface area (Å²) in [5, 5.41) is 13.6. The number of nitrogens with one attached hydrogen (secondary N) is 1. The van der Waals surface area contributed by atoms with Gasteiger partial charge in [0.05, 0.1) is 24.5 Å². The average molecular weight is 392 g/mol. The van der Waals surface area contributed by atoms with Crippen LogP contribution < -0.4 is 10.1 Å². The molecule has 1 N–H and O–H groups in total. The van der Waals surface area contributed by atoms with E-state index in [4.69, 9.17) is 4.74 Å². The molecule has 4 aromatic rings. The molecule has 142 valence electrons. The third kappa shape index (κ3) is 3.50. The van der Waals surface area contributed by atoms with Gasteiger partial charge in [-0.05, 0) is 45.0 Å². The predicted molar refractivity (Wildman–Crippen MR) is 111 cm³/mol. The Labute approximate surface area is 166 Å². The maximum Gasteiger partial charge on any atom is 0.145 e. The highest BCUT2D eigenvalue weighted by atomic mass is 32.1. The van der Waals surface area contributed by atoms with Crippen LogP contribution in [0, 0.1) is 13.8 Å². The van der Waals surface area contributed by atoms with E-state index in [1.54, 1.807) is 18.4 Å². The van der Waals surface area contributed by atoms with Crippen LogP contribution in [0.5, 0.6) is 5.75 Å². The molecule has 4 rings (SSSR count). The van der Waals surface area contributed by atoms with Crippen molar-refractivity contribution in [3.8, 4) is 16.3 Å². The zero-order valence-electron chi connectivity index (χ0n) is 16.1. The number of thiazole rings is 1. The van der Waals surface area contributed by atoms with Gasteiger partial charge in [-0.3, -0.25) is 0 Å². The Morgan fingerprint density at radius 1 is 1.07 bits per heavy atom. The lowest BCUT2D eigenvalue weighted by atomic mass is 10.1. The molecule has 0 radical (unpaired) electrons. The van der Waals surface area contributed by atoms with Crippen molar-refractivity contribution < 1.29 is 4.74 Å². The highest BCUT2D eigenvalue weighted by molar-refractivity contribution is 7.14. The van der Waals surface area contributed by atoms with Crippen LogP contribution in [-0.4, -0.2) is 32.3 Å². The van der Waals surface area contributed by atoms with Gasteiger partial charge in [0, 0.05) is 22.0 Å². The van der Waals surface area contributed by atoms with Crippen LogP contribution >= 0.6 is 11.3 Å². The summed E-state index contributed by atoms with van der Waals surface area (Å²) < 4.78 is 5.59. The monoisotopic (exact) mass is 392 g/mol. The van der Waals surface area contributed by atoms with E-state index >= 15 is 0 Å². The van der Waals surface area contributed by atoms with Crippen molar-refractivity contribution in [2.45, 2.75) is 26.8 Å². The van der Waals surface area contributed by atoms with Crippen LogP contribution in [0.25, 0.3) is 21.5 Å². The summed E-state index contributed by atoms with van der Waals surface area (Å²) in [5.74, 6) is 1.40. The van der Waals surface area contributed by atoms with Crippen molar-refractivity contribution in [1.82, 2.24) is 25.1 Å². The Kier molecular flexibility index (Phi) is 4.87. The average Bonchev–Trinajstić information content (AvgIpc) is 3.14. The number of hydrogen-bond donors (Lipinski definition) is 1. The second-order valence-corrected chi connectivity index (χ2v) is 7.77. The highest BCUT2D eigenvalue weighted by Crippen LogP contribution is 2.36. The van der Waals surface area contributed by atoms with Crippen LogP contribution in [0.1, 0.15) is 29.2 Å². The van der Waals surface area contributed by atoms with Crippen molar-refractivity contribution in [2.75, 3.05) is 12.4 Å². The van der Waals surface area contributed by atoms with E-state index in [0.29, 0.717) is 11.6 Å². The maximum atomic E-state index is 5.59. The fourth-order valence-electron chi connectivity index (χ4n) is 2.94. The van der Waals surface area contributed by atoms with Gasteiger partial charge in [-0.2, -0.15) is 10.2 Å². The molecule has 8 heteroatoms. The first-order chi connectivity index (χ1) is 13.5. The summed E-state index contributed by atoms with van der Waals surface area (Å²) in [6.45, 7) is 5.99. The van der Waals surface area contributed by atoms with Crippen molar-refractivity contribution >= 4 is 28.1 Å². The minimum atomic E-state index is -0.0667. The Morgan fingerprint density at radius 2 is 1.93 bits per heavy atom. The van der Waals surface area contributed by atoms with Crippen LogP contribution in [0.4, 0.5) is 5.82 Å². The Bertz CT molecular complexity index is 1130. The standard InChI is InChI=1S/C20H20N6OS/c1-11-5-6-16(26-25-11)13(3)24-19-15-7-14(20-21-9-12(2)28-20)8-17(27-4)18(15)22-10-23-19/h5-10,13H,1-4H3,(H,22,23,24). The first-order valence-electron chi connectivity index (χ1n) is 8.87. The van der Waals surface area contributed by atoms with Crippen molar-refractivity contribution in [3.05, 3.63) is 53.1 Å². The fraction of sp³-hybridized carbons (Fsp3) is 0.250. The molecule has 0 aliphatic rings. The first kappa shape index (κ1) is 18.2. The minimum Gasteiger partial charge on any atom is -0.494 e. The predicted octanol–water partition coefficient (Wildman–Crippen LogP) is 4.34. The number of fused-ring (bicyclic) bond motifs is 1. The van der Waals surface area contributed by atoms with Gasteiger partial charge < -0.3 is 10.1 Å². The number of aromatic nitrogens is 5. The minimum absolute atomic E-state index is 0.0667. The van der Waals surface area contributed by atoms with Crippen molar-refractivity contribution in [1.29, 1.82) is 0 Å². The SMILES string of the molecule is COc1cc(-c2ncc(C)s2)cc2c(NC(C)c3ccc(C)nn3)ncnc12. The van der Waals surface area contributed by atoms with E-state index in [-0.39, 0.29) is 6.04 Å². The molecule has 1 unspecified atom stereocenters. The molecule has 0 saturated carbocycles. The third-order valence-corrected chi connectivity index (χ3v) is 5.37. The number of aryl methyl sites for hydroxylation is 2. The highest BCUT2D eigenvalue weighted by Gasteiger charge is 2.16. The second-order valence-electron chi connectivity index (χ2n) is 6.54. The summed E-state index contributed by atoms with van der Waals surface area (Å²) in [6, 6.07) is 7.86. The van der Waals surface area contributed by atoms with E-state index in [2.05, 4.69) is 30.5 Å². The van der Waals surface area contributed by atoms with Gasteiger partial charge >= 0.3 is 0 Å². The number of rotatable bonds is 5. The van der Waals surface area contributed by atoms with Gasteiger partial charge in [-0.15, -0.1) is 11.3 Å². The maximum absolute atomic E-state index is 5.59. The summed E-state index contributed by atoms with van der Waals surface area (Å²) in [5.41, 5.74) is 3.45. The van der Waals surface area contributed by atoms with Gasteiger partial charge in [0.15, 0.2) is 0 Å². The zero-order valence-corrected chi connectivity index (χ0v) is 16.9. The van der Waals surface area contributed by atoms with Gasteiger partial charge in [-0.1, -0.05) is 0 Å². The lowest BCUT2D eigenvalue weighted by Gasteiger charge is -2.16. The first-order valence-corrected chi connectivity index (χ1v) is 9.69. The summed E-state index contributed by atoms with van der Waals surface area (Å²) in [6.07, 6.45) is 3.41. The van der Waals surface area contributed by atoms with Crippen LogP contribution in [0.2, 0.25) is 0 Å². The van der Waals surface area contributed by atoms with Gasteiger partial charge in [0.1, 0.15) is 28.4 Å². The summed E-state index contributed by atoms with van der Waals surface area (Å²) >= 11 is 1.64. The molecule has 0 aliphatic heterocycles. The molecule has 0 aliphatic carbocycles. The molecule has 0 bridgehead atoms. The molecule has 0 spiro atoms. The Balaban J connectivity index is 1.78. The van der Waals surface area contributed by atoms with Crippen LogP contribution in [-0.2, 0) is 0 Å². The Hall–Kier alpha value is -3.13. The number of nitrogens with zero attached hydrogens (tertiary/aromatic N) is 5. The van der Waals surface area contributed by atoms with Gasteiger partial charge in [-0.25, -0.2) is 15.0 Å². The van der Waals surface area contributed by atoms with E-state index < -0.39 is 0 Å². The molecule has 3 aromatic heterocycles. The summed E-state index contributed by atoms with van der Waals surface area (Å²) in [4.78, 5) is 14.5. The molecule has 1 atom stereocenters. The smallest absolute Gasteiger partial charge is 0.145 e. The van der Waals surface area contributed by atoms with Gasteiger partial charge in [0.2, 0.25) is 0 Å². The molecule has 3 heterocycles. The second kappa shape index (κ2) is 7.47. The van der Waals surface area contributed by atoms with E-state index in [0.717, 1.165) is 37.7 Å². The lowest BCUT2D eigenvalue weighted by molar-refractivity contribution is 0.419. The third-order valence-electron chi connectivity index (χ3n) is 4.41. The van der Waals surface area contributed by atoms with Crippen molar-refractivity contribution in [2.24, 2.45) is 0 Å². The number of methoxy groups -OCH3 is 1. The molecule has 0 saturated heterocycles. The topological polar surface area (TPSA) is 85.7 Å². The van der Waals surface area contributed by atoms with E-state index in [1.807, 2.05) is 51.2 Å². The molecule has 28 heavy (non-hydrogen) atoms. The molecular formula is C20H20N6OS. The van der Waals surface area contributed by atoms with E-state index in [9.17, 15) is 0 Å². The molecule has 0 fully saturated rings. The molecule has 1 aromatic carbocycles. The molecular weight excluding hydrogens is 372 g/mol. The van der Waals surface area contributed by atoms with E-state index in [1.165, 1.54) is 6.33 Å². The number of hydrogen-bond acceptors (Lipinski definition) is 8. The van der Waals surface area contributed by atoms with Crippen LogP contribution in [0.3, 0.4) is 0 Å². The number of benzene rings is 1. The molecule has 0 amide bonds.